The van der Waals surface area contributed by atoms with E-state index in [0.717, 1.165) is 33.8 Å². The second-order valence-electron chi connectivity index (χ2n) is 9.48. The molecule has 0 fully saturated rings. The van der Waals surface area contributed by atoms with Gasteiger partial charge in [-0.25, -0.2) is 0 Å². The van der Waals surface area contributed by atoms with Crippen molar-refractivity contribution in [2.24, 2.45) is 16.6 Å². The Bertz CT molecular complexity index is 1530. The highest BCUT2D eigenvalue weighted by Crippen LogP contribution is 2.49. The molecule has 1 aromatic carbocycles. The molecule has 0 spiro atoms. The lowest BCUT2D eigenvalue weighted by Gasteiger charge is -2.36. The Balaban J connectivity index is 1.43. The molecule has 2 unspecified atom stereocenters. The molecule has 0 saturated heterocycles. The number of nitrogens with one attached hydrogen (secondary N) is 1. The Morgan fingerprint density at radius 1 is 1.08 bits per heavy atom. The van der Waals surface area contributed by atoms with Crippen molar-refractivity contribution in [1.29, 1.82) is 5.41 Å². The van der Waals surface area contributed by atoms with E-state index in [-0.39, 0.29) is 11.8 Å². The number of thioether (sulfide) groups is 2. The maximum Gasteiger partial charge on any atom is 0.0346 e. The number of nitrogens with zero attached hydrogens (tertiary/aromatic N) is 2. The molecular formula is C33H30N4S2. The van der Waals surface area contributed by atoms with Crippen molar-refractivity contribution < 1.29 is 0 Å². The maximum atomic E-state index is 8.07. The molecule has 0 aliphatic heterocycles. The van der Waals surface area contributed by atoms with Gasteiger partial charge in [0, 0.05) is 59.9 Å². The van der Waals surface area contributed by atoms with Crippen molar-refractivity contribution in [1.82, 2.24) is 4.98 Å². The normalized spacial score (nSPS) is 19.1. The number of hydrogen-bond acceptors (Lipinski definition) is 6. The standard InChI is InChI=1S/C33H30N4S2/c1-22(20-38-9-7-34)11-30(17-35)28-13-24-3-5-26-15-29(16-27-6-4-25(14-28)32(24)33(26)27)31-12-23(18-37-19-31)21-39-10-8-36-2/h3-19,24,32,35H,1-2,20-21,34H2/b9-7-,10-8-,30-11+,35-17?. The zero-order chi connectivity index (χ0) is 27.2. The van der Waals surface area contributed by atoms with E-state index in [2.05, 4.69) is 77.9 Å². The van der Waals surface area contributed by atoms with E-state index < -0.39 is 0 Å². The highest BCUT2D eigenvalue weighted by Gasteiger charge is 2.34. The first-order valence-corrected chi connectivity index (χ1v) is 14.7. The van der Waals surface area contributed by atoms with Crippen molar-refractivity contribution in [3.63, 3.8) is 0 Å². The van der Waals surface area contributed by atoms with Gasteiger partial charge in [0.25, 0.3) is 0 Å². The predicted octanol–water partition coefficient (Wildman–Crippen LogP) is 8.07. The summed E-state index contributed by atoms with van der Waals surface area (Å²) in [5.74, 6) is 2.10. The summed E-state index contributed by atoms with van der Waals surface area (Å²) >= 11 is 3.27. The zero-order valence-corrected chi connectivity index (χ0v) is 23.2. The second-order valence-corrected chi connectivity index (χ2v) is 11.3. The van der Waals surface area contributed by atoms with Crippen LogP contribution in [0.1, 0.15) is 28.2 Å². The van der Waals surface area contributed by atoms with E-state index in [0.29, 0.717) is 0 Å². The Morgan fingerprint density at radius 3 is 2.72 bits per heavy atom. The van der Waals surface area contributed by atoms with Gasteiger partial charge >= 0.3 is 0 Å². The molecule has 3 aliphatic rings. The van der Waals surface area contributed by atoms with E-state index in [1.807, 2.05) is 29.3 Å². The molecule has 0 amide bonds. The van der Waals surface area contributed by atoms with Crippen LogP contribution in [-0.2, 0) is 5.75 Å². The first-order valence-electron chi connectivity index (χ1n) is 12.6. The van der Waals surface area contributed by atoms with Gasteiger partial charge in [-0.05, 0) is 91.9 Å². The third-order valence-electron chi connectivity index (χ3n) is 6.88. The highest BCUT2D eigenvalue weighted by atomic mass is 32.2. The first-order chi connectivity index (χ1) is 19.1. The fourth-order valence-corrected chi connectivity index (χ4v) is 6.36. The monoisotopic (exact) mass is 546 g/mol. The molecule has 1 heterocycles. The van der Waals surface area contributed by atoms with Crippen LogP contribution in [-0.4, -0.2) is 23.7 Å². The third-order valence-corrected chi connectivity index (χ3v) is 8.58. The molecule has 194 valence electrons. The molecule has 0 saturated carbocycles. The molecule has 0 radical (unpaired) electrons. The molecule has 3 N–H and O–H groups in total. The Hall–Kier alpha value is -3.87. The number of nitrogens with two attached hydrogens (primary N) is 1. The van der Waals surface area contributed by atoms with Gasteiger partial charge in [0.05, 0.1) is 0 Å². The van der Waals surface area contributed by atoms with Crippen LogP contribution in [0.15, 0.2) is 118 Å². The summed E-state index contributed by atoms with van der Waals surface area (Å²) in [6, 6.07) is 6.80. The molecule has 4 nitrogen and oxygen atoms in total. The zero-order valence-electron chi connectivity index (χ0n) is 21.6. The number of aliphatic imine (C=N–C) groups is 1. The van der Waals surface area contributed by atoms with Gasteiger partial charge in [-0.1, -0.05) is 43.0 Å². The van der Waals surface area contributed by atoms with Gasteiger partial charge in [0.2, 0.25) is 0 Å². The van der Waals surface area contributed by atoms with E-state index >= 15 is 0 Å². The third kappa shape index (κ3) is 5.92. The molecule has 5 rings (SSSR count). The number of aromatic nitrogens is 1. The lowest BCUT2D eigenvalue weighted by atomic mass is 9.67. The van der Waals surface area contributed by atoms with Crippen LogP contribution in [0.5, 0.6) is 0 Å². The molecule has 1 aromatic heterocycles. The molecule has 2 atom stereocenters. The molecule has 0 bridgehead atoms. The molecule has 39 heavy (non-hydrogen) atoms. The largest absolute Gasteiger partial charge is 0.404 e. The summed E-state index contributed by atoms with van der Waals surface area (Å²) in [5, 5.41) is 11.9. The van der Waals surface area contributed by atoms with E-state index in [9.17, 15) is 0 Å². The average Bonchev–Trinajstić information content (AvgIpc) is 2.96. The van der Waals surface area contributed by atoms with Crippen LogP contribution in [0.2, 0.25) is 0 Å². The fourth-order valence-electron chi connectivity index (χ4n) is 5.24. The summed E-state index contributed by atoms with van der Waals surface area (Å²) < 4.78 is 0. The van der Waals surface area contributed by atoms with Crippen LogP contribution in [0.4, 0.5) is 0 Å². The number of benzene rings is 1. The van der Waals surface area contributed by atoms with E-state index in [1.165, 1.54) is 45.8 Å². The number of pyridine rings is 1. The SMILES string of the molecule is C=N/C=C\SCc1cncc(-c2cc3c4c(c2)C=CC2C=C(/C(C=N)=C/C(=C)CS/C=C\N)C=C(C=C3)C42)c1. The minimum Gasteiger partial charge on any atom is -0.404 e. The number of hydrogen-bond donors (Lipinski definition) is 2. The minimum absolute atomic E-state index is 0.244. The van der Waals surface area contributed by atoms with Gasteiger partial charge in [-0.2, -0.15) is 0 Å². The van der Waals surface area contributed by atoms with Crippen LogP contribution in [0.25, 0.3) is 23.3 Å². The smallest absolute Gasteiger partial charge is 0.0346 e. The first kappa shape index (κ1) is 26.7. The highest BCUT2D eigenvalue weighted by molar-refractivity contribution is 8.02. The van der Waals surface area contributed by atoms with Crippen molar-refractivity contribution in [2.75, 3.05) is 5.75 Å². The quantitative estimate of drug-likeness (QED) is 0.221. The Morgan fingerprint density at radius 2 is 1.92 bits per heavy atom. The molecule has 2 aromatic rings. The number of rotatable bonds is 11. The topological polar surface area (TPSA) is 75.1 Å². The van der Waals surface area contributed by atoms with Crippen molar-refractivity contribution in [3.05, 3.63) is 135 Å². The Kier molecular flexibility index (Phi) is 8.45. The van der Waals surface area contributed by atoms with Crippen LogP contribution >= 0.6 is 23.5 Å². The van der Waals surface area contributed by atoms with E-state index in [4.69, 9.17) is 11.1 Å². The fraction of sp³-hybridized carbons (Fsp3) is 0.121. The molecule has 6 heteroatoms. The van der Waals surface area contributed by atoms with Gasteiger partial charge in [-0.15, -0.1) is 23.5 Å². The molecule has 3 aliphatic carbocycles. The summed E-state index contributed by atoms with van der Waals surface area (Å²) in [5.41, 5.74) is 17.0. The minimum atomic E-state index is 0.244. The summed E-state index contributed by atoms with van der Waals surface area (Å²) in [6.45, 7) is 7.64. The van der Waals surface area contributed by atoms with Gasteiger partial charge in [0.1, 0.15) is 0 Å². The molecular weight excluding hydrogens is 517 g/mol. The van der Waals surface area contributed by atoms with Crippen molar-refractivity contribution in [2.45, 2.75) is 11.7 Å². The second kappa shape index (κ2) is 12.3. The van der Waals surface area contributed by atoms with Gasteiger partial charge < -0.3 is 11.1 Å². The van der Waals surface area contributed by atoms with Gasteiger partial charge in [0.15, 0.2) is 0 Å². The lowest BCUT2D eigenvalue weighted by Crippen LogP contribution is -2.22. The van der Waals surface area contributed by atoms with Gasteiger partial charge in [-0.3, -0.25) is 9.98 Å². The summed E-state index contributed by atoms with van der Waals surface area (Å²) in [4.78, 5) is 8.27. The Labute approximate surface area is 238 Å². The maximum absolute atomic E-state index is 8.07. The number of allylic oxidation sites excluding steroid dienone is 8. The predicted molar refractivity (Wildman–Crippen MR) is 172 cm³/mol. The van der Waals surface area contributed by atoms with E-state index in [1.54, 1.807) is 29.7 Å². The van der Waals surface area contributed by atoms with Crippen LogP contribution < -0.4 is 5.73 Å². The van der Waals surface area contributed by atoms with Crippen molar-refractivity contribution in [3.8, 4) is 11.1 Å². The van der Waals surface area contributed by atoms with Crippen molar-refractivity contribution >= 4 is 48.6 Å². The summed E-state index contributed by atoms with van der Waals surface area (Å²) in [6.07, 6.45) is 24.1. The lowest BCUT2D eigenvalue weighted by molar-refractivity contribution is 0.660. The van der Waals surface area contributed by atoms with Crippen LogP contribution in [0, 0.1) is 11.3 Å². The average molecular weight is 547 g/mol. The summed E-state index contributed by atoms with van der Waals surface area (Å²) in [7, 11) is 0. The van der Waals surface area contributed by atoms with Crippen LogP contribution in [0.3, 0.4) is 0 Å².